The highest BCUT2D eigenvalue weighted by Crippen LogP contribution is 1.98. The minimum absolute atomic E-state index is 0.562. The molecule has 0 unspecified atom stereocenters. The molecule has 0 bridgehead atoms. The lowest BCUT2D eigenvalue weighted by atomic mass is 10.2. The van der Waals surface area contributed by atoms with Gasteiger partial charge >= 0.3 is 0 Å². The van der Waals surface area contributed by atoms with Crippen LogP contribution in [0.15, 0.2) is 42.6 Å². The molecule has 0 atom stereocenters. The van der Waals surface area contributed by atoms with E-state index in [1.807, 2.05) is 18.2 Å². The predicted molar refractivity (Wildman–Crippen MR) is 54.3 cm³/mol. The standard InChI is InChI=1S/C11H15NO/c1-10(9-13-2)12-8-11-6-4-3-5-7-11/h3-7,12H,1,8-9H2,2H3. The molecule has 0 aliphatic carbocycles. The van der Waals surface area contributed by atoms with Gasteiger partial charge in [0.15, 0.2) is 0 Å². The van der Waals surface area contributed by atoms with Crippen LogP contribution in [-0.4, -0.2) is 13.7 Å². The average Bonchev–Trinajstić information content (AvgIpc) is 2.17. The number of ether oxygens (including phenoxy) is 1. The van der Waals surface area contributed by atoms with Crippen molar-refractivity contribution in [2.45, 2.75) is 6.54 Å². The first-order chi connectivity index (χ1) is 6.33. The summed E-state index contributed by atoms with van der Waals surface area (Å²) < 4.78 is 4.93. The zero-order valence-electron chi connectivity index (χ0n) is 7.92. The molecule has 0 fully saturated rings. The maximum absolute atomic E-state index is 4.93. The predicted octanol–water partition coefficient (Wildman–Crippen LogP) is 1.94. The van der Waals surface area contributed by atoms with E-state index in [1.54, 1.807) is 7.11 Å². The Hall–Kier alpha value is -1.28. The van der Waals surface area contributed by atoms with Gasteiger partial charge in [0.1, 0.15) is 0 Å². The summed E-state index contributed by atoms with van der Waals surface area (Å²) in [6, 6.07) is 10.2. The summed E-state index contributed by atoms with van der Waals surface area (Å²) >= 11 is 0. The van der Waals surface area contributed by atoms with Crippen LogP contribution in [0, 0.1) is 0 Å². The molecular weight excluding hydrogens is 162 g/mol. The molecule has 0 aliphatic rings. The van der Waals surface area contributed by atoms with E-state index < -0.39 is 0 Å². The zero-order valence-corrected chi connectivity index (χ0v) is 7.92. The van der Waals surface area contributed by atoms with Crippen LogP contribution in [0.2, 0.25) is 0 Å². The average molecular weight is 177 g/mol. The van der Waals surface area contributed by atoms with Gasteiger partial charge in [0.05, 0.1) is 6.61 Å². The van der Waals surface area contributed by atoms with Gasteiger partial charge in [-0.25, -0.2) is 0 Å². The van der Waals surface area contributed by atoms with Crippen molar-refractivity contribution < 1.29 is 4.74 Å². The maximum Gasteiger partial charge on any atom is 0.0852 e. The van der Waals surface area contributed by atoms with Crippen molar-refractivity contribution in [1.29, 1.82) is 0 Å². The van der Waals surface area contributed by atoms with Crippen LogP contribution in [-0.2, 0) is 11.3 Å². The van der Waals surface area contributed by atoms with Crippen LogP contribution in [0.5, 0.6) is 0 Å². The quantitative estimate of drug-likeness (QED) is 0.742. The fraction of sp³-hybridized carbons (Fsp3) is 0.273. The molecule has 1 N–H and O–H groups in total. The van der Waals surface area contributed by atoms with Crippen molar-refractivity contribution in [3.05, 3.63) is 48.2 Å². The number of benzene rings is 1. The second kappa shape index (κ2) is 5.38. The molecule has 0 heterocycles. The molecule has 2 nitrogen and oxygen atoms in total. The smallest absolute Gasteiger partial charge is 0.0852 e. The first-order valence-corrected chi connectivity index (χ1v) is 4.27. The first-order valence-electron chi connectivity index (χ1n) is 4.27. The molecule has 0 aliphatic heterocycles. The third kappa shape index (κ3) is 3.76. The van der Waals surface area contributed by atoms with Gasteiger partial charge in [-0.05, 0) is 5.56 Å². The zero-order chi connectivity index (χ0) is 9.52. The van der Waals surface area contributed by atoms with E-state index in [1.165, 1.54) is 5.56 Å². The Balaban J connectivity index is 2.31. The fourth-order valence-corrected chi connectivity index (χ4v) is 1.05. The van der Waals surface area contributed by atoms with E-state index in [2.05, 4.69) is 24.0 Å². The van der Waals surface area contributed by atoms with Crippen LogP contribution in [0.3, 0.4) is 0 Å². The van der Waals surface area contributed by atoms with E-state index >= 15 is 0 Å². The molecule has 70 valence electrons. The topological polar surface area (TPSA) is 21.3 Å². The van der Waals surface area contributed by atoms with E-state index in [-0.39, 0.29) is 0 Å². The molecule has 1 aromatic carbocycles. The molecule has 13 heavy (non-hydrogen) atoms. The van der Waals surface area contributed by atoms with Crippen molar-refractivity contribution >= 4 is 0 Å². The maximum atomic E-state index is 4.93. The summed E-state index contributed by atoms with van der Waals surface area (Å²) in [4.78, 5) is 0. The first kappa shape index (κ1) is 9.81. The third-order valence-corrected chi connectivity index (χ3v) is 1.70. The van der Waals surface area contributed by atoms with Gasteiger partial charge in [0.2, 0.25) is 0 Å². The molecule has 0 radical (unpaired) electrons. The lowest BCUT2D eigenvalue weighted by Gasteiger charge is -2.07. The minimum Gasteiger partial charge on any atom is -0.383 e. The van der Waals surface area contributed by atoms with Crippen molar-refractivity contribution in [1.82, 2.24) is 5.32 Å². The summed E-state index contributed by atoms with van der Waals surface area (Å²) in [6.45, 7) is 5.19. The Kier molecular flexibility index (Phi) is 4.06. The van der Waals surface area contributed by atoms with E-state index in [9.17, 15) is 0 Å². The second-order valence-electron chi connectivity index (χ2n) is 2.88. The van der Waals surface area contributed by atoms with Crippen LogP contribution in [0.25, 0.3) is 0 Å². The highest BCUT2D eigenvalue weighted by molar-refractivity contribution is 5.15. The van der Waals surface area contributed by atoms with Crippen LogP contribution < -0.4 is 5.32 Å². The van der Waals surface area contributed by atoms with Gasteiger partial charge in [-0.3, -0.25) is 0 Å². The van der Waals surface area contributed by atoms with Gasteiger partial charge in [-0.15, -0.1) is 0 Å². The summed E-state index contributed by atoms with van der Waals surface area (Å²) in [5, 5.41) is 3.18. The van der Waals surface area contributed by atoms with Gasteiger partial charge in [-0.2, -0.15) is 0 Å². The summed E-state index contributed by atoms with van der Waals surface area (Å²) in [5.41, 5.74) is 2.16. The van der Waals surface area contributed by atoms with Crippen molar-refractivity contribution in [3.8, 4) is 0 Å². The number of hydrogen-bond acceptors (Lipinski definition) is 2. The van der Waals surface area contributed by atoms with Crippen molar-refractivity contribution in [3.63, 3.8) is 0 Å². The SMILES string of the molecule is C=C(COC)NCc1ccccc1. The summed E-state index contributed by atoms with van der Waals surface area (Å²) in [6.07, 6.45) is 0. The Morgan fingerprint density at radius 1 is 1.38 bits per heavy atom. The second-order valence-corrected chi connectivity index (χ2v) is 2.88. The number of nitrogens with one attached hydrogen (secondary N) is 1. The number of rotatable bonds is 5. The molecule has 0 spiro atoms. The van der Waals surface area contributed by atoms with Crippen LogP contribution >= 0.6 is 0 Å². The van der Waals surface area contributed by atoms with E-state index in [4.69, 9.17) is 4.74 Å². The molecule has 0 saturated heterocycles. The van der Waals surface area contributed by atoms with Crippen LogP contribution in [0.1, 0.15) is 5.56 Å². The molecular formula is C11H15NO. The lowest BCUT2D eigenvalue weighted by Crippen LogP contribution is -2.15. The Bertz CT molecular complexity index is 256. The Morgan fingerprint density at radius 2 is 2.08 bits per heavy atom. The highest BCUT2D eigenvalue weighted by Gasteiger charge is 1.92. The van der Waals surface area contributed by atoms with Crippen molar-refractivity contribution in [2.24, 2.45) is 0 Å². The van der Waals surface area contributed by atoms with Gasteiger partial charge in [-0.1, -0.05) is 36.9 Å². The largest absolute Gasteiger partial charge is 0.383 e. The van der Waals surface area contributed by atoms with E-state index in [0.29, 0.717) is 6.61 Å². The number of hydrogen-bond donors (Lipinski definition) is 1. The summed E-state index contributed by atoms with van der Waals surface area (Å²) in [7, 11) is 1.66. The molecule has 0 aromatic heterocycles. The molecule has 0 amide bonds. The van der Waals surface area contributed by atoms with Crippen LogP contribution in [0.4, 0.5) is 0 Å². The van der Waals surface area contributed by atoms with Gasteiger partial charge in [0.25, 0.3) is 0 Å². The fourth-order valence-electron chi connectivity index (χ4n) is 1.05. The normalized spacial score (nSPS) is 9.62. The molecule has 2 heteroatoms. The molecule has 1 aromatic rings. The summed E-state index contributed by atoms with van der Waals surface area (Å²) in [5.74, 6) is 0. The van der Waals surface area contributed by atoms with E-state index in [0.717, 1.165) is 12.2 Å². The molecule has 0 saturated carbocycles. The minimum atomic E-state index is 0.562. The lowest BCUT2D eigenvalue weighted by molar-refractivity contribution is 0.220. The molecule has 1 rings (SSSR count). The van der Waals surface area contributed by atoms with Crippen molar-refractivity contribution in [2.75, 3.05) is 13.7 Å². The van der Waals surface area contributed by atoms with Gasteiger partial charge < -0.3 is 10.1 Å². The Labute approximate surface area is 79.2 Å². The Morgan fingerprint density at radius 3 is 2.69 bits per heavy atom. The number of methoxy groups -OCH3 is 1. The highest BCUT2D eigenvalue weighted by atomic mass is 16.5. The monoisotopic (exact) mass is 177 g/mol. The third-order valence-electron chi connectivity index (χ3n) is 1.70. The van der Waals surface area contributed by atoms with Gasteiger partial charge in [0, 0.05) is 19.4 Å².